The number of rotatable bonds is 6. The van der Waals surface area contributed by atoms with Crippen LogP contribution in [-0.2, 0) is 9.53 Å². The maximum Gasteiger partial charge on any atom is 0.341 e. The van der Waals surface area contributed by atoms with Crippen LogP contribution in [0.25, 0.3) is 0 Å². The fourth-order valence-corrected chi connectivity index (χ4v) is 4.37. The number of carboxylic acids is 1. The van der Waals surface area contributed by atoms with Gasteiger partial charge in [0.15, 0.2) is 6.61 Å². The molecule has 4 heteroatoms. The van der Waals surface area contributed by atoms with Crippen molar-refractivity contribution in [2.24, 2.45) is 5.92 Å². The van der Waals surface area contributed by atoms with Crippen molar-refractivity contribution in [1.82, 2.24) is 0 Å². The van der Waals surface area contributed by atoms with Gasteiger partial charge in [0.05, 0.1) is 12.2 Å². The molecule has 0 bridgehead atoms. The van der Waals surface area contributed by atoms with E-state index < -0.39 is 5.97 Å². The molecule has 1 N–H and O–H groups in total. The molecule has 4 atom stereocenters. The normalized spacial score (nSPS) is 24.1. The third kappa shape index (κ3) is 4.70. The fourth-order valence-electron chi connectivity index (χ4n) is 4.37. The van der Waals surface area contributed by atoms with E-state index in [9.17, 15) is 4.79 Å². The maximum absolute atomic E-state index is 11.0. The molecule has 29 heavy (non-hydrogen) atoms. The highest BCUT2D eigenvalue weighted by atomic mass is 16.5. The van der Waals surface area contributed by atoms with Crippen LogP contribution in [0.15, 0.2) is 54.6 Å². The van der Waals surface area contributed by atoms with Crippen molar-refractivity contribution >= 4 is 5.97 Å². The van der Waals surface area contributed by atoms with Crippen molar-refractivity contribution in [2.45, 2.75) is 52.2 Å². The van der Waals surface area contributed by atoms with Crippen LogP contribution in [0, 0.1) is 19.8 Å². The van der Waals surface area contributed by atoms with Crippen LogP contribution in [0.3, 0.4) is 0 Å². The van der Waals surface area contributed by atoms with Crippen LogP contribution in [-0.4, -0.2) is 23.8 Å². The molecule has 1 aliphatic rings. The Balaban J connectivity index is 1.93. The second-order valence-electron chi connectivity index (χ2n) is 8.14. The smallest absolute Gasteiger partial charge is 0.341 e. The Morgan fingerprint density at radius 1 is 1.21 bits per heavy atom. The number of benzene rings is 2. The Morgan fingerprint density at radius 2 is 1.93 bits per heavy atom. The third-order valence-corrected chi connectivity index (χ3v) is 5.84. The number of ether oxygens (including phenoxy) is 2. The van der Waals surface area contributed by atoms with Gasteiger partial charge in [-0.05, 0) is 51.3 Å². The SMILES string of the molecule is C=C(C)[C@@H]1C[C@H](c2ccc(C)cc2C)[C@H](C)O[C@@H]1c1ccccc1OCC(=O)O. The zero-order valence-electron chi connectivity index (χ0n) is 17.6. The van der Waals surface area contributed by atoms with Gasteiger partial charge in [0, 0.05) is 17.4 Å². The zero-order valence-corrected chi connectivity index (χ0v) is 17.6. The Kier molecular flexibility index (Phi) is 6.43. The first kappa shape index (κ1) is 21.1. The van der Waals surface area contributed by atoms with Gasteiger partial charge in [-0.3, -0.25) is 0 Å². The first-order valence-electron chi connectivity index (χ1n) is 10.1. The Morgan fingerprint density at radius 3 is 2.59 bits per heavy atom. The number of para-hydroxylation sites is 1. The van der Waals surface area contributed by atoms with E-state index in [4.69, 9.17) is 14.6 Å². The van der Waals surface area contributed by atoms with Gasteiger partial charge in [-0.1, -0.05) is 54.1 Å². The van der Waals surface area contributed by atoms with Gasteiger partial charge >= 0.3 is 5.97 Å². The molecule has 1 aliphatic heterocycles. The summed E-state index contributed by atoms with van der Waals surface area (Å²) in [4.78, 5) is 11.0. The average molecular weight is 395 g/mol. The first-order chi connectivity index (χ1) is 13.8. The lowest BCUT2D eigenvalue weighted by Gasteiger charge is -2.42. The first-order valence-corrected chi connectivity index (χ1v) is 10.1. The molecule has 1 saturated heterocycles. The Bertz CT molecular complexity index is 901. The van der Waals surface area contributed by atoms with E-state index in [1.807, 2.05) is 25.1 Å². The minimum absolute atomic E-state index is 0.0181. The van der Waals surface area contributed by atoms with Gasteiger partial charge < -0.3 is 14.6 Å². The molecule has 2 aromatic carbocycles. The summed E-state index contributed by atoms with van der Waals surface area (Å²) in [5.74, 6) is -0.0421. The number of aliphatic carboxylic acids is 1. The average Bonchev–Trinajstić information content (AvgIpc) is 2.66. The highest BCUT2D eigenvalue weighted by Gasteiger charge is 2.39. The summed E-state index contributed by atoms with van der Waals surface area (Å²) in [7, 11) is 0. The summed E-state index contributed by atoms with van der Waals surface area (Å²) in [6.45, 7) is 12.3. The fraction of sp³-hybridized carbons (Fsp3) is 0.400. The predicted molar refractivity (Wildman–Crippen MR) is 114 cm³/mol. The molecule has 0 saturated carbocycles. The van der Waals surface area contributed by atoms with Crippen LogP contribution < -0.4 is 4.74 Å². The number of carbonyl (C=O) groups is 1. The lowest BCUT2D eigenvalue weighted by Crippen LogP contribution is -2.35. The van der Waals surface area contributed by atoms with Crippen molar-refractivity contribution < 1.29 is 19.4 Å². The molecule has 1 fully saturated rings. The zero-order chi connectivity index (χ0) is 21.1. The molecule has 0 unspecified atom stereocenters. The summed E-state index contributed by atoms with van der Waals surface area (Å²) in [6.07, 6.45) is 0.734. The molecule has 0 spiro atoms. The number of aryl methyl sites for hydroxylation is 2. The molecule has 4 nitrogen and oxygen atoms in total. The summed E-state index contributed by atoms with van der Waals surface area (Å²) in [6, 6.07) is 14.1. The molecule has 0 amide bonds. The second kappa shape index (κ2) is 8.83. The lowest BCUT2D eigenvalue weighted by molar-refractivity contribution is -0.139. The monoisotopic (exact) mass is 394 g/mol. The van der Waals surface area contributed by atoms with Gasteiger partial charge in [0.1, 0.15) is 5.75 Å². The molecular weight excluding hydrogens is 364 g/mol. The van der Waals surface area contributed by atoms with Crippen LogP contribution in [0.1, 0.15) is 54.5 Å². The summed E-state index contributed by atoms with van der Waals surface area (Å²) in [5.41, 5.74) is 5.81. The number of hydrogen-bond donors (Lipinski definition) is 1. The molecule has 0 aliphatic carbocycles. The van der Waals surface area contributed by atoms with Crippen LogP contribution in [0.2, 0.25) is 0 Å². The lowest BCUT2D eigenvalue weighted by atomic mass is 9.75. The largest absolute Gasteiger partial charge is 0.482 e. The molecule has 3 rings (SSSR count). The van der Waals surface area contributed by atoms with Crippen molar-refractivity contribution in [3.8, 4) is 5.75 Å². The van der Waals surface area contributed by atoms with Gasteiger partial charge in [-0.2, -0.15) is 0 Å². The van der Waals surface area contributed by atoms with Crippen molar-refractivity contribution in [1.29, 1.82) is 0 Å². The molecule has 1 heterocycles. The van der Waals surface area contributed by atoms with E-state index in [2.05, 4.69) is 45.5 Å². The minimum Gasteiger partial charge on any atom is -0.482 e. The summed E-state index contributed by atoms with van der Waals surface area (Å²) < 4.78 is 12.1. The van der Waals surface area contributed by atoms with Crippen molar-refractivity contribution in [3.63, 3.8) is 0 Å². The van der Waals surface area contributed by atoms with Gasteiger partial charge in [-0.25, -0.2) is 4.79 Å². The van der Waals surface area contributed by atoms with E-state index in [-0.39, 0.29) is 30.7 Å². The second-order valence-corrected chi connectivity index (χ2v) is 8.14. The Labute approximate surface area is 173 Å². The topological polar surface area (TPSA) is 55.8 Å². The highest BCUT2D eigenvalue weighted by Crippen LogP contribution is 2.48. The van der Waals surface area contributed by atoms with E-state index in [0.717, 1.165) is 17.6 Å². The molecule has 0 radical (unpaired) electrons. The van der Waals surface area contributed by atoms with E-state index in [0.29, 0.717) is 5.75 Å². The predicted octanol–water partition coefficient (Wildman–Crippen LogP) is 5.59. The van der Waals surface area contributed by atoms with E-state index in [1.54, 1.807) is 6.07 Å². The van der Waals surface area contributed by atoms with Crippen molar-refractivity contribution in [3.05, 3.63) is 76.9 Å². The summed E-state index contributed by atoms with van der Waals surface area (Å²) >= 11 is 0. The number of hydrogen-bond acceptors (Lipinski definition) is 3. The minimum atomic E-state index is -0.996. The highest BCUT2D eigenvalue weighted by molar-refractivity contribution is 5.68. The molecule has 2 aromatic rings. The quantitative estimate of drug-likeness (QED) is 0.649. The maximum atomic E-state index is 11.0. The number of carboxylic acid groups (broad SMARTS) is 1. The molecule has 0 aromatic heterocycles. The van der Waals surface area contributed by atoms with Crippen LogP contribution >= 0.6 is 0 Å². The van der Waals surface area contributed by atoms with E-state index >= 15 is 0 Å². The van der Waals surface area contributed by atoms with Gasteiger partial charge in [0.2, 0.25) is 0 Å². The van der Waals surface area contributed by atoms with E-state index in [1.165, 1.54) is 16.7 Å². The molecule has 154 valence electrons. The Hall–Kier alpha value is -2.59. The van der Waals surface area contributed by atoms with Crippen LogP contribution in [0.5, 0.6) is 5.75 Å². The van der Waals surface area contributed by atoms with Crippen molar-refractivity contribution in [2.75, 3.05) is 6.61 Å². The van der Waals surface area contributed by atoms with Gasteiger partial charge in [0.25, 0.3) is 0 Å². The molecular formula is C25H30O4. The van der Waals surface area contributed by atoms with Crippen LogP contribution in [0.4, 0.5) is 0 Å². The third-order valence-electron chi connectivity index (χ3n) is 5.84. The van der Waals surface area contributed by atoms with Gasteiger partial charge in [-0.15, -0.1) is 0 Å². The standard InChI is InChI=1S/C25H30O4/c1-15(2)21-13-22(19-11-10-16(3)12-17(19)4)18(5)29-25(21)20-8-6-7-9-23(20)28-14-24(26)27/h6-12,18,21-22,25H,1,13-14H2,2-5H3,(H,26,27)/t18-,21-,22-,25+/m0/s1. The summed E-state index contributed by atoms with van der Waals surface area (Å²) in [5, 5.41) is 8.99.